The van der Waals surface area contributed by atoms with E-state index in [1.807, 2.05) is 19.1 Å². The average molecular weight is 365 g/mol. The fourth-order valence-electron chi connectivity index (χ4n) is 2.69. The first kappa shape index (κ1) is 21.0. The van der Waals surface area contributed by atoms with Crippen molar-refractivity contribution >= 4 is 21.5 Å². The van der Waals surface area contributed by atoms with Crippen LogP contribution in [-0.2, 0) is 9.84 Å². The van der Waals surface area contributed by atoms with Gasteiger partial charge in [-0.05, 0) is 37.5 Å². The second-order valence-electron chi connectivity index (χ2n) is 6.08. The highest BCUT2D eigenvalue weighted by Crippen LogP contribution is 2.22. The second kappa shape index (κ2) is 10.7. The van der Waals surface area contributed by atoms with Crippen LogP contribution in [0.2, 0.25) is 0 Å². The first-order chi connectivity index (χ1) is 11.9. The molecule has 1 aliphatic carbocycles. The number of hydrogen-bond acceptors (Lipinski definition) is 6. The number of nitrogens with one attached hydrogen (secondary N) is 2. The Morgan fingerprint density at radius 1 is 1.32 bits per heavy atom. The lowest BCUT2D eigenvalue weighted by molar-refractivity contribution is 0.462. The van der Waals surface area contributed by atoms with Crippen molar-refractivity contribution in [2.45, 2.75) is 52.0 Å². The van der Waals surface area contributed by atoms with Gasteiger partial charge < -0.3 is 10.6 Å². The van der Waals surface area contributed by atoms with E-state index in [-0.39, 0.29) is 5.75 Å². The van der Waals surface area contributed by atoms with E-state index >= 15 is 0 Å². The zero-order valence-corrected chi connectivity index (χ0v) is 15.9. The Balaban J connectivity index is 0.000000970. The molecular weight excluding hydrogens is 336 g/mol. The van der Waals surface area contributed by atoms with Crippen LogP contribution in [0.5, 0.6) is 0 Å². The first-order valence-corrected chi connectivity index (χ1v) is 10.3. The van der Waals surface area contributed by atoms with Gasteiger partial charge >= 0.3 is 0 Å². The van der Waals surface area contributed by atoms with E-state index in [2.05, 4.69) is 22.2 Å². The van der Waals surface area contributed by atoms with Crippen molar-refractivity contribution in [1.82, 2.24) is 4.98 Å². The summed E-state index contributed by atoms with van der Waals surface area (Å²) in [5, 5.41) is 14.9. The summed E-state index contributed by atoms with van der Waals surface area (Å²) < 4.78 is 22.8. The molecule has 1 aliphatic rings. The minimum absolute atomic E-state index is 0.0253. The molecule has 0 saturated heterocycles. The summed E-state index contributed by atoms with van der Waals surface area (Å²) in [7, 11) is -3.17. The van der Waals surface area contributed by atoms with E-state index in [4.69, 9.17) is 5.26 Å². The minimum Gasteiger partial charge on any atom is -0.369 e. The monoisotopic (exact) mass is 364 g/mol. The molecule has 1 saturated carbocycles. The van der Waals surface area contributed by atoms with Gasteiger partial charge in [0.05, 0.1) is 11.8 Å². The van der Waals surface area contributed by atoms with Crippen molar-refractivity contribution in [3.8, 4) is 6.07 Å². The lowest BCUT2D eigenvalue weighted by Crippen LogP contribution is -2.23. The summed E-state index contributed by atoms with van der Waals surface area (Å²) in [5.74, 6) is 1.59. The summed E-state index contributed by atoms with van der Waals surface area (Å²) in [6, 6.07) is 6.20. The number of rotatable bonds is 7. The molecule has 6 nitrogen and oxygen atoms in total. The summed E-state index contributed by atoms with van der Waals surface area (Å²) in [6.45, 7) is 7.08. The number of aromatic nitrogens is 1. The minimum atomic E-state index is -3.17. The van der Waals surface area contributed by atoms with Crippen molar-refractivity contribution in [2.24, 2.45) is 0 Å². The van der Waals surface area contributed by atoms with Crippen LogP contribution >= 0.6 is 0 Å². The standard InChI is InChI=1S/C16H25N3O2S.C2H3N/c1-3-22(20,21)10-9-17-15-11-13(2)12-16(19-15)18-14-7-5-4-6-8-14;1-2-3/h3,11-12,14H,1,4-10H2,2H3,(H2,17,18,19);1H3. The molecular formula is C18H28N4O2S. The molecule has 1 heterocycles. The van der Waals surface area contributed by atoms with Gasteiger partial charge in [0.25, 0.3) is 0 Å². The molecule has 2 N–H and O–H groups in total. The maximum Gasteiger partial charge on any atom is 0.172 e. The van der Waals surface area contributed by atoms with Gasteiger partial charge in [-0.15, -0.1) is 0 Å². The third kappa shape index (κ3) is 8.54. The topological polar surface area (TPSA) is 94.9 Å². The van der Waals surface area contributed by atoms with Gasteiger partial charge in [-0.25, -0.2) is 13.4 Å². The molecule has 0 bridgehead atoms. The molecule has 0 aromatic carbocycles. The number of sulfone groups is 1. The quantitative estimate of drug-likeness (QED) is 0.767. The Morgan fingerprint density at radius 3 is 2.52 bits per heavy atom. The SMILES string of the molecule is C=CS(=O)(=O)CCNc1cc(C)cc(NC2CCCCC2)n1.CC#N. The van der Waals surface area contributed by atoms with Gasteiger partial charge in [0.15, 0.2) is 9.84 Å². The maximum atomic E-state index is 11.4. The molecule has 138 valence electrons. The Morgan fingerprint density at radius 2 is 1.92 bits per heavy atom. The molecule has 1 aromatic heterocycles. The van der Waals surface area contributed by atoms with Crippen molar-refractivity contribution in [1.29, 1.82) is 5.26 Å². The molecule has 0 unspecified atom stereocenters. The predicted molar refractivity (Wildman–Crippen MR) is 103 cm³/mol. The van der Waals surface area contributed by atoms with Crippen LogP contribution in [0.3, 0.4) is 0 Å². The van der Waals surface area contributed by atoms with E-state index in [9.17, 15) is 8.42 Å². The Bertz CT molecular complexity index is 690. The smallest absolute Gasteiger partial charge is 0.172 e. The third-order valence-electron chi connectivity index (χ3n) is 3.87. The molecule has 0 spiro atoms. The van der Waals surface area contributed by atoms with Crippen LogP contribution in [0, 0.1) is 18.3 Å². The molecule has 1 fully saturated rings. The Labute approximate surface area is 151 Å². The van der Waals surface area contributed by atoms with E-state index in [0.717, 1.165) is 16.8 Å². The van der Waals surface area contributed by atoms with Crippen LogP contribution < -0.4 is 10.6 Å². The van der Waals surface area contributed by atoms with Crippen molar-refractivity contribution in [2.75, 3.05) is 22.9 Å². The molecule has 7 heteroatoms. The Hall–Kier alpha value is -2.07. The lowest BCUT2D eigenvalue weighted by atomic mass is 9.95. The maximum absolute atomic E-state index is 11.4. The molecule has 2 rings (SSSR count). The summed E-state index contributed by atoms with van der Waals surface area (Å²) in [6.07, 6.45) is 6.25. The van der Waals surface area contributed by atoms with E-state index in [0.29, 0.717) is 18.4 Å². The van der Waals surface area contributed by atoms with Crippen LogP contribution in [0.4, 0.5) is 11.6 Å². The van der Waals surface area contributed by atoms with E-state index < -0.39 is 9.84 Å². The highest BCUT2D eigenvalue weighted by atomic mass is 32.2. The van der Waals surface area contributed by atoms with Crippen molar-refractivity contribution in [3.05, 3.63) is 29.7 Å². The van der Waals surface area contributed by atoms with Crippen LogP contribution in [-0.4, -0.2) is 31.7 Å². The highest BCUT2D eigenvalue weighted by Gasteiger charge is 2.14. The van der Waals surface area contributed by atoms with Gasteiger partial charge in [0.1, 0.15) is 11.6 Å². The van der Waals surface area contributed by atoms with Gasteiger partial charge in [-0.2, -0.15) is 5.26 Å². The van der Waals surface area contributed by atoms with Gasteiger partial charge in [0.2, 0.25) is 0 Å². The highest BCUT2D eigenvalue weighted by molar-refractivity contribution is 7.94. The zero-order valence-electron chi connectivity index (χ0n) is 15.1. The number of pyridine rings is 1. The fraction of sp³-hybridized carbons (Fsp3) is 0.556. The fourth-order valence-corrected chi connectivity index (χ4v) is 3.25. The molecule has 0 amide bonds. The van der Waals surface area contributed by atoms with Crippen molar-refractivity contribution < 1.29 is 8.42 Å². The lowest BCUT2D eigenvalue weighted by Gasteiger charge is -2.23. The van der Waals surface area contributed by atoms with Gasteiger partial charge in [-0.3, -0.25) is 0 Å². The largest absolute Gasteiger partial charge is 0.369 e. The third-order valence-corrected chi connectivity index (χ3v) is 5.15. The number of anilines is 2. The zero-order chi connectivity index (χ0) is 18.7. The van der Waals surface area contributed by atoms with Crippen LogP contribution in [0.1, 0.15) is 44.6 Å². The molecule has 25 heavy (non-hydrogen) atoms. The summed E-state index contributed by atoms with van der Waals surface area (Å²) in [5.41, 5.74) is 1.10. The summed E-state index contributed by atoms with van der Waals surface area (Å²) in [4.78, 5) is 4.53. The Kier molecular flexibility index (Phi) is 9.00. The number of aryl methyl sites for hydroxylation is 1. The van der Waals surface area contributed by atoms with Crippen LogP contribution in [0.25, 0.3) is 0 Å². The predicted octanol–water partition coefficient (Wildman–Crippen LogP) is 3.63. The van der Waals surface area contributed by atoms with Gasteiger partial charge in [-0.1, -0.05) is 25.8 Å². The second-order valence-corrected chi connectivity index (χ2v) is 8.15. The average Bonchev–Trinajstić information content (AvgIpc) is 2.56. The number of nitrogens with zero attached hydrogens (tertiary/aromatic N) is 2. The normalized spacial score (nSPS) is 14.6. The van der Waals surface area contributed by atoms with Crippen molar-refractivity contribution in [3.63, 3.8) is 0 Å². The molecule has 1 aromatic rings. The molecule has 0 aliphatic heterocycles. The summed E-state index contributed by atoms with van der Waals surface area (Å²) >= 11 is 0. The van der Waals surface area contributed by atoms with Crippen LogP contribution in [0.15, 0.2) is 24.1 Å². The number of nitriles is 1. The van der Waals surface area contributed by atoms with E-state index in [1.165, 1.54) is 39.0 Å². The van der Waals surface area contributed by atoms with E-state index in [1.54, 1.807) is 6.07 Å². The first-order valence-electron chi connectivity index (χ1n) is 8.55. The van der Waals surface area contributed by atoms with Gasteiger partial charge in [0, 0.05) is 24.9 Å². The number of hydrogen-bond donors (Lipinski definition) is 2. The molecule has 0 radical (unpaired) electrons. The molecule has 0 atom stereocenters.